The number of sulfonamides is 1. The Bertz CT molecular complexity index is 1030. The minimum absolute atomic E-state index is 0.0349. The molecule has 0 saturated carbocycles. The highest BCUT2D eigenvalue weighted by atomic mass is 35.5. The van der Waals surface area contributed by atoms with Crippen molar-refractivity contribution < 1.29 is 22.0 Å². The third-order valence-electron chi connectivity index (χ3n) is 3.60. The molecule has 150 valence electrons. The first-order valence-corrected chi connectivity index (χ1v) is 11.8. The summed E-state index contributed by atoms with van der Waals surface area (Å²) in [6.07, 6.45) is 0.619. The lowest BCUT2D eigenvalue weighted by Crippen LogP contribution is -2.29. The molecule has 2 rings (SSSR count). The average Bonchev–Trinajstić information content (AvgIpc) is 2.59. The summed E-state index contributed by atoms with van der Waals surface area (Å²) in [5, 5.41) is 0.115. The molecule has 11 heteroatoms. The van der Waals surface area contributed by atoms with E-state index in [4.69, 9.17) is 20.6 Å². The maximum absolute atomic E-state index is 12.9. The topological polar surface area (TPSA) is 115 Å². The van der Waals surface area contributed by atoms with Gasteiger partial charge in [-0.1, -0.05) is 18.5 Å². The molecule has 2 aromatic rings. The summed E-state index contributed by atoms with van der Waals surface area (Å²) in [6.45, 7) is 5.51. The van der Waals surface area contributed by atoms with Gasteiger partial charge in [-0.05, 0) is 38.5 Å². The molecule has 0 aliphatic carbocycles. The van der Waals surface area contributed by atoms with Crippen LogP contribution in [-0.4, -0.2) is 33.2 Å². The first-order chi connectivity index (χ1) is 12.7. The van der Waals surface area contributed by atoms with Crippen molar-refractivity contribution >= 4 is 45.4 Å². The minimum Gasteiger partial charge on any atom is -0.321 e. The van der Waals surface area contributed by atoms with Crippen molar-refractivity contribution in [2.75, 3.05) is 19.8 Å². The molecule has 1 heterocycles. The van der Waals surface area contributed by atoms with E-state index in [0.29, 0.717) is 17.3 Å². The first-order valence-electron chi connectivity index (χ1n) is 8.44. The maximum atomic E-state index is 12.9. The van der Waals surface area contributed by atoms with E-state index < -0.39 is 23.2 Å². The van der Waals surface area contributed by atoms with Crippen molar-refractivity contribution in [2.45, 2.75) is 32.1 Å². The number of fused-ring (bicyclic) bond motifs is 1. The van der Waals surface area contributed by atoms with Gasteiger partial charge in [-0.3, -0.25) is 9.36 Å². The summed E-state index contributed by atoms with van der Waals surface area (Å²) >= 11 is 6.10. The Hall–Kier alpha value is -1.22. The van der Waals surface area contributed by atoms with Crippen LogP contribution in [0.2, 0.25) is 5.02 Å². The van der Waals surface area contributed by atoms with Crippen LogP contribution >= 0.6 is 19.2 Å². The van der Waals surface area contributed by atoms with Crippen LogP contribution in [0.1, 0.15) is 27.2 Å². The molecule has 0 unspecified atom stereocenters. The molecule has 0 aliphatic rings. The SMILES string of the molecule is CCCNS(=O)(=O)c1cc2cc(P(=O)(OCC)OCC)c(=O)[nH]c2cc1Cl. The molecule has 1 aromatic heterocycles. The lowest BCUT2D eigenvalue weighted by molar-refractivity contribution is 0.229. The highest BCUT2D eigenvalue weighted by Crippen LogP contribution is 2.46. The van der Waals surface area contributed by atoms with Crippen LogP contribution in [-0.2, 0) is 23.6 Å². The van der Waals surface area contributed by atoms with Crippen LogP contribution in [0, 0.1) is 0 Å². The largest absolute Gasteiger partial charge is 0.366 e. The molecular formula is C16H22ClN2O6PS. The van der Waals surface area contributed by atoms with Crippen molar-refractivity contribution in [3.8, 4) is 0 Å². The first kappa shape index (κ1) is 22.1. The molecule has 0 spiro atoms. The molecule has 0 saturated heterocycles. The summed E-state index contributed by atoms with van der Waals surface area (Å²) in [5.41, 5.74) is -0.341. The van der Waals surface area contributed by atoms with Crippen molar-refractivity contribution in [2.24, 2.45) is 0 Å². The van der Waals surface area contributed by atoms with E-state index in [9.17, 15) is 17.8 Å². The van der Waals surface area contributed by atoms with Gasteiger partial charge in [0.15, 0.2) is 0 Å². The summed E-state index contributed by atoms with van der Waals surface area (Å²) in [6, 6.07) is 3.97. The number of H-pyrrole nitrogens is 1. The molecule has 0 atom stereocenters. The number of halogens is 1. The Kier molecular flexibility index (Phi) is 7.24. The van der Waals surface area contributed by atoms with Crippen molar-refractivity contribution in [1.82, 2.24) is 9.71 Å². The van der Waals surface area contributed by atoms with Gasteiger partial charge >= 0.3 is 7.60 Å². The fourth-order valence-corrected chi connectivity index (χ4v) is 5.76. The lowest BCUT2D eigenvalue weighted by Gasteiger charge is -2.17. The van der Waals surface area contributed by atoms with Gasteiger partial charge < -0.3 is 14.0 Å². The predicted octanol–water partition coefficient (Wildman–Crippen LogP) is 2.76. The van der Waals surface area contributed by atoms with Crippen molar-refractivity contribution in [3.05, 3.63) is 33.6 Å². The third-order valence-corrected chi connectivity index (χ3v) is 7.65. The van der Waals surface area contributed by atoms with Crippen molar-refractivity contribution in [1.29, 1.82) is 0 Å². The normalized spacial score (nSPS) is 12.6. The fraction of sp³-hybridized carbons (Fsp3) is 0.438. The second-order valence-corrected chi connectivity index (χ2v) is 9.72. The van der Waals surface area contributed by atoms with Gasteiger partial charge in [-0.25, -0.2) is 13.1 Å². The van der Waals surface area contributed by atoms with Crippen LogP contribution in [0.25, 0.3) is 10.9 Å². The third kappa shape index (κ3) is 4.80. The zero-order valence-corrected chi connectivity index (χ0v) is 17.7. The monoisotopic (exact) mass is 436 g/mol. The summed E-state index contributed by atoms with van der Waals surface area (Å²) in [5.74, 6) is 0. The molecule has 0 aliphatic heterocycles. The number of aromatic nitrogens is 1. The van der Waals surface area contributed by atoms with Crippen LogP contribution in [0.4, 0.5) is 0 Å². The van der Waals surface area contributed by atoms with Gasteiger partial charge in [-0.2, -0.15) is 0 Å². The fourth-order valence-electron chi connectivity index (χ4n) is 2.44. The highest BCUT2D eigenvalue weighted by molar-refractivity contribution is 7.89. The zero-order chi connectivity index (χ0) is 20.2. The van der Waals surface area contributed by atoms with Gasteiger partial charge in [-0.15, -0.1) is 0 Å². The van der Waals surface area contributed by atoms with Gasteiger partial charge in [0.05, 0.1) is 18.2 Å². The van der Waals surface area contributed by atoms with E-state index in [1.54, 1.807) is 13.8 Å². The summed E-state index contributed by atoms with van der Waals surface area (Å²) in [7, 11) is -7.67. The maximum Gasteiger partial charge on any atom is 0.366 e. The number of hydrogen-bond acceptors (Lipinski definition) is 6. The number of benzene rings is 1. The molecule has 0 fully saturated rings. The molecular weight excluding hydrogens is 415 g/mol. The summed E-state index contributed by atoms with van der Waals surface area (Å²) in [4.78, 5) is 14.8. The van der Waals surface area contributed by atoms with Crippen LogP contribution < -0.4 is 15.6 Å². The van der Waals surface area contributed by atoms with E-state index in [-0.39, 0.29) is 35.0 Å². The molecule has 0 amide bonds. The van der Waals surface area contributed by atoms with E-state index in [2.05, 4.69) is 9.71 Å². The zero-order valence-electron chi connectivity index (χ0n) is 15.2. The highest BCUT2D eigenvalue weighted by Gasteiger charge is 2.31. The lowest BCUT2D eigenvalue weighted by atomic mass is 10.2. The van der Waals surface area contributed by atoms with Gasteiger partial charge in [0, 0.05) is 17.4 Å². The Labute approximate surface area is 162 Å². The number of nitrogens with one attached hydrogen (secondary N) is 2. The molecule has 8 nitrogen and oxygen atoms in total. The van der Waals surface area contributed by atoms with E-state index >= 15 is 0 Å². The van der Waals surface area contributed by atoms with Crippen LogP contribution in [0.5, 0.6) is 0 Å². The van der Waals surface area contributed by atoms with Crippen molar-refractivity contribution in [3.63, 3.8) is 0 Å². The molecule has 0 radical (unpaired) electrons. The number of hydrogen-bond donors (Lipinski definition) is 2. The quantitative estimate of drug-likeness (QED) is 0.584. The standard InChI is InChI=1S/C16H22ClN2O6PS/c1-4-7-18-27(22,23)15-9-11-8-14(26(21,24-5-2)25-6-3)16(20)19-13(11)10-12(15)17/h8-10,18H,4-7H2,1-3H3,(H,19,20). The Morgan fingerprint density at radius 1 is 1.15 bits per heavy atom. The Balaban J connectivity index is 2.69. The van der Waals surface area contributed by atoms with Gasteiger partial charge in [0.2, 0.25) is 10.0 Å². The van der Waals surface area contributed by atoms with Gasteiger partial charge in [0.25, 0.3) is 5.56 Å². The van der Waals surface area contributed by atoms with E-state index in [1.807, 2.05) is 6.92 Å². The summed E-state index contributed by atoms with van der Waals surface area (Å²) < 4.78 is 50.7. The molecule has 0 bridgehead atoms. The average molecular weight is 437 g/mol. The second kappa shape index (κ2) is 8.86. The van der Waals surface area contributed by atoms with E-state index in [0.717, 1.165) is 0 Å². The second-order valence-electron chi connectivity index (χ2n) is 5.58. The Morgan fingerprint density at radius 3 is 2.33 bits per heavy atom. The minimum atomic E-state index is -3.84. The number of rotatable bonds is 9. The molecule has 2 N–H and O–H groups in total. The Morgan fingerprint density at radius 2 is 1.78 bits per heavy atom. The number of aromatic amines is 1. The van der Waals surface area contributed by atoms with Crippen LogP contribution in [0.3, 0.4) is 0 Å². The molecule has 1 aromatic carbocycles. The number of pyridine rings is 1. The molecule has 27 heavy (non-hydrogen) atoms. The predicted molar refractivity (Wildman–Crippen MR) is 106 cm³/mol. The smallest absolute Gasteiger partial charge is 0.321 e. The van der Waals surface area contributed by atoms with E-state index in [1.165, 1.54) is 18.2 Å². The van der Waals surface area contributed by atoms with Crippen LogP contribution in [0.15, 0.2) is 27.9 Å². The van der Waals surface area contributed by atoms with Gasteiger partial charge in [0.1, 0.15) is 10.2 Å².